The molecule has 2 unspecified atom stereocenters. The van der Waals surface area contributed by atoms with Gasteiger partial charge in [-0.15, -0.1) is 0 Å². The molecule has 0 aliphatic carbocycles. The molecular weight excluding hydrogens is 564 g/mol. The smallest absolute Gasteiger partial charge is 0.324 e. The Kier molecular flexibility index (Phi) is 11.2. The fraction of sp³-hybridized carbons (Fsp3) is 0.789. The number of rotatable bonds is 9. The van der Waals surface area contributed by atoms with Crippen LogP contribution in [0, 0.1) is 5.41 Å². The molecule has 0 saturated carbocycles. The summed E-state index contributed by atoms with van der Waals surface area (Å²) in [5, 5.41) is 11.4. The maximum Gasteiger partial charge on any atom is 0.324 e. The number of piperidine rings is 2. The van der Waals surface area contributed by atoms with E-state index >= 15 is 0 Å². The molecule has 2 fully saturated rings. The lowest BCUT2D eigenvalue weighted by atomic mass is 9.73. The summed E-state index contributed by atoms with van der Waals surface area (Å²) in [6.07, 6.45) is 4.39. The van der Waals surface area contributed by atoms with Crippen molar-refractivity contribution in [2.24, 2.45) is 5.41 Å². The predicted octanol–water partition coefficient (Wildman–Crippen LogP) is 7.54. The number of hydrogen-bond donors (Lipinski definition) is 1. The average molecular weight is 629 g/mol. The minimum absolute atomic E-state index is 0.115. The van der Waals surface area contributed by atoms with Gasteiger partial charge in [0.1, 0.15) is 18.0 Å². The molecule has 256 valence electrons. The van der Waals surface area contributed by atoms with E-state index < -0.39 is 17.4 Å². The second-order valence-electron chi connectivity index (χ2n) is 17.4. The van der Waals surface area contributed by atoms with Crippen molar-refractivity contribution in [1.82, 2.24) is 9.80 Å². The van der Waals surface area contributed by atoms with Gasteiger partial charge in [-0.05, 0) is 95.0 Å². The van der Waals surface area contributed by atoms with E-state index in [1.165, 1.54) is 0 Å². The number of unbranched alkanes of at least 4 members (excludes halogenated alkanes) is 1. The van der Waals surface area contributed by atoms with Crippen molar-refractivity contribution in [3.8, 4) is 5.75 Å². The van der Waals surface area contributed by atoms with Crippen molar-refractivity contribution in [3.05, 3.63) is 28.8 Å². The minimum atomic E-state index is -1.49. The third-order valence-corrected chi connectivity index (χ3v) is 10.7. The maximum atomic E-state index is 14.6. The van der Waals surface area contributed by atoms with Crippen LogP contribution in [0.5, 0.6) is 5.75 Å². The van der Waals surface area contributed by atoms with Crippen molar-refractivity contribution in [2.45, 2.75) is 162 Å². The van der Waals surface area contributed by atoms with Crippen LogP contribution in [0.1, 0.15) is 138 Å². The number of aromatic hydroxyl groups is 1. The van der Waals surface area contributed by atoms with Crippen molar-refractivity contribution < 1.29 is 24.2 Å². The SMILES string of the molecule is CCCCC(Cc1cc(C(C)(C)C)c(O)c(C(C)(C)C)c1)(C(=O)OC1CCN(C)C(C)(C)C1)C(=O)OC1CCN(C)C(C)(C)C1. The largest absolute Gasteiger partial charge is 0.507 e. The zero-order valence-corrected chi connectivity index (χ0v) is 30.9. The number of ether oxygens (including phenoxy) is 2. The van der Waals surface area contributed by atoms with Crippen LogP contribution in [0.2, 0.25) is 0 Å². The highest BCUT2D eigenvalue weighted by molar-refractivity contribution is 6.00. The van der Waals surface area contributed by atoms with E-state index in [2.05, 4.69) is 100 Å². The molecule has 2 aliphatic rings. The summed E-state index contributed by atoms with van der Waals surface area (Å²) in [4.78, 5) is 33.9. The van der Waals surface area contributed by atoms with Gasteiger partial charge in [0, 0.05) is 37.0 Å². The second kappa shape index (κ2) is 13.5. The van der Waals surface area contributed by atoms with E-state index in [9.17, 15) is 14.7 Å². The number of phenolic OH excluding ortho intramolecular Hbond substituents is 1. The Labute approximate surface area is 274 Å². The molecule has 2 atom stereocenters. The van der Waals surface area contributed by atoms with Crippen molar-refractivity contribution in [2.75, 3.05) is 27.2 Å². The van der Waals surface area contributed by atoms with Crippen LogP contribution in [0.15, 0.2) is 12.1 Å². The number of carbonyl (C=O) groups excluding carboxylic acids is 2. The van der Waals surface area contributed by atoms with Crippen molar-refractivity contribution >= 4 is 11.9 Å². The number of benzene rings is 1. The van der Waals surface area contributed by atoms with Crippen LogP contribution in [0.25, 0.3) is 0 Å². The van der Waals surface area contributed by atoms with E-state index in [1.807, 2.05) is 12.1 Å². The van der Waals surface area contributed by atoms with Gasteiger partial charge in [-0.3, -0.25) is 9.59 Å². The van der Waals surface area contributed by atoms with Gasteiger partial charge in [-0.25, -0.2) is 0 Å². The Morgan fingerprint density at radius 1 is 0.822 bits per heavy atom. The van der Waals surface area contributed by atoms with Crippen LogP contribution < -0.4 is 0 Å². The van der Waals surface area contributed by atoms with Gasteiger partial charge >= 0.3 is 11.9 Å². The third-order valence-electron chi connectivity index (χ3n) is 10.7. The van der Waals surface area contributed by atoms with E-state index in [0.717, 1.165) is 49.0 Å². The average Bonchev–Trinajstić information content (AvgIpc) is 2.89. The summed E-state index contributed by atoms with van der Waals surface area (Å²) in [5.41, 5.74) is 0.0680. The first-order chi connectivity index (χ1) is 20.5. The van der Waals surface area contributed by atoms with Gasteiger partial charge in [-0.1, -0.05) is 73.4 Å². The Bertz CT molecular complexity index is 1120. The van der Waals surface area contributed by atoms with Gasteiger partial charge in [0.2, 0.25) is 0 Å². The maximum absolute atomic E-state index is 14.6. The molecule has 7 nitrogen and oxygen atoms in total. The number of nitrogens with zero attached hydrogens (tertiary/aromatic N) is 2. The lowest BCUT2D eigenvalue weighted by molar-refractivity contribution is -0.184. The molecule has 7 heteroatoms. The summed E-state index contributed by atoms with van der Waals surface area (Å²) < 4.78 is 12.7. The highest BCUT2D eigenvalue weighted by Crippen LogP contribution is 2.43. The van der Waals surface area contributed by atoms with E-state index in [-0.39, 0.29) is 46.3 Å². The topological polar surface area (TPSA) is 79.3 Å². The Hall–Kier alpha value is -2.12. The molecule has 0 amide bonds. The lowest BCUT2D eigenvalue weighted by Crippen LogP contribution is -2.53. The highest BCUT2D eigenvalue weighted by Gasteiger charge is 2.51. The van der Waals surface area contributed by atoms with E-state index in [4.69, 9.17) is 9.47 Å². The number of esters is 2. The summed E-state index contributed by atoms with van der Waals surface area (Å²) in [6, 6.07) is 3.98. The minimum Gasteiger partial charge on any atom is -0.507 e. The summed E-state index contributed by atoms with van der Waals surface area (Å²) in [7, 11) is 4.21. The fourth-order valence-electron chi connectivity index (χ4n) is 6.93. The molecule has 2 aliphatic heterocycles. The van der Waals surface area contributed by atoms with Gasteiger partial charge in [0.15, 0.2) is 5.41 Å². The lowest BCUT2D eigenvalue weighted by Gasteiger charge is -2.45. The predicted molar refractivity (Wildman–Crippen MR) is 183 cm³/mol. The van der Waals surface area contributed by atoms with Crippen molar-refractivity contribution in [1.29, 1.82) is 0 Å². The number of hydrogen-bond acceptors (Lipinski definition) is 7. The van der Waals surface area contributed by atoms with Crippen molar-refractivity contribution in [3.63, 3.8) is 0 Å². The Morgan fingerprint density at radius 3 is 1.56 bits per heavy atom. The monoisotopic (exact) mass is 628 g/mol. The highest BCUT2D eigenvalue weighted by atomic mass is 16.6. The first kappa shape index (κ1) is 37.3. The molecular formula is C38H64N2O5. The van der Waals surface area contributed by atoms with Crippen LogP contribution in [0.4, 0.5) is 0 Å². The number of phenols is 1. The summed E-state index contributed by atoms with van der Waals surface area (Å²) in [5.74, 6) is -0.660. The van der Waals surface area contributed by atoms with Gasteiger partial charge in [0.25, 0.3) is 0 Å². The zero-order valence-electron chi connectivity index (χ0n) is 30.9. The van der Waals surface area contributed by atoms with Gasteiger partial charge < -0.3 is 24.4 Å². The normalized spacial score (nSPS) is 24.1. The molecule has 45 heavy (non-hydrogen) atoms. The molecule has 1 aromatic carbocycles. The molecule has 0 aromatic heterocycles. The molecule has 3 rings (SSSR count). The molecule has 1 aromatic rings. The number of likely N-dealkylation sites (tertiary alicyclic amines) is 2. The fourth-order valence-corrected chi connectivity index (χ4v) is 6.93. The number of carbonyl (C=O) groups is 2. The standard InChI is InChI=1S/C38H64N2O5/c1-14-15-18-38(32(42)44-27-16-19-39(12)36(8,9)24-27,33(43)45-28-17-20-40(13)37(10,11)25-28)23-26-21-29(34(2,3)4)31(41)30(22-26)35(5,6)7/h21-22,27-28,41H,14-20,23-25H2,1-13H3. The van der Waals surface area contributed by atoms with Gasteiger partial charge in [-0.2, -0.15) is 0 Å². The first-order valence-electron chi connectivity index (χ1n) is 17.2. The molecule has 2 heterocycles. The molecule has 0 bridgehead atoms. The quantitative estimate of drug-likeness (QED) is 0.224. The van der Waals surface area contributed by atoms with Gasteiger partial charge in [0.05, 0.1) is 0 Å². The Balaban J connectivity index is 2.13. The zero-order chi connectivity index (χ0) is 34.2. The molecule has 0 spiro atoms. The van der Waals surface area contributed by atoms with Crippen LogP contribution in [-0.4, -0.2) is 77.3 Å². The summed E-state index contributed by atoms with van der Waals surface area (Å²) >= 11 is 0. The third kappa shape index (κ3) is 8.62. The Morgan fingerprint density at radius 2 is 1.22 bits per heavy atom. The van der Waals surface area contributed by atoms with E-state index in [0.29, 0.717) is 25.7 Å². The van der Waals surface area contributed by atoms with Crippen LogP contribution >= 0.6 is 0 Å². The second-order valence-corrected chi connectivity index (χ2v) is 17.4. The molecule has 1 N–H and O–H groups in total. The van der Waals surface area contributed by atoms with E-state index in [1.54, 1.807) is 0 Å². The molecule has 0 radical (unpaired) electrons. The summed E-state index contributed by atoms with van der Waals surface area (Å²) in [6.45, 7) is 24.9. The molecule has 2 saturated heterocycles. The van der Waals surface area contributed by atoms with Crippen LogP contribution in [-0.2, 0) is 36.3 Å². The van der Waals surface area contributed by atoms with Crippen LogP contribution in [0.3, 0.4) is 0 Å². The first-order valence-corrected chi connectivity index (χ1v) is 17.2.